The topological polar surface area (TPSA) is 83.8 Å². The van der Waals surface area contributed by atoms with Gasteiger partial charge >= 0.3 is 0 Å². The van der Waals surface area contributed by atoms with E-state index >= 15 is 0 Å². The summed E-state index contributed by atoms with van der Waals surface area (Å²) in [5.41, 5.74) is 0.354. The second-order valence-electron chi connectivity index (χ2n) is 3.73. The number of hydrogen-bond donors (Lipinski definition) is 2. The minimum Gasteiger partial charge on any atom is -0.497 e. The lowest BCUT2D eigenvalue weighted by Crippen LogP contribution is -2.35. The molecule has 2 atom stereocenters. The Hall–Kier alpha value is -0.760. The summed E-state index contributed by atoms with van der Waals surface area (Å²) in [6.07, 6.45) is 0.663. The van der Waals surface area contributed by atoms with Gasteiger partial charge in [0.05, 0.1) is 7.11 Å². The minimum absolute atomic E-state index is 0.144. The van der Waals surface area contributed by atoms with Crippen molar-refractivity contribution in [3.63, 3.8) is 0 Å². The molecular weight excluding hydrogens is 276 g/mol. The second-order valence-corrected chi connectivity index (χ2v) is 6.38. The Morgan fingerprint density at radius 2 is 1.67 bits per heavy atom. The smallest absolute Gasteiger partial charge is 0.196 e. The van der Waals surface area contributed by atoms with Crippen LogP contribution in [0.1, 0.15) is 25.3 Å². The van der Waals surface area contributed by atoms with E-state index in [1.54, 1.807) is 19.1 Å². The van der Waals surface area contributed by atoms with Crippen LogP contribution in [0.25, 0.3) is 0 Å². The Balaban J connectivity index is 3.31. The molecule has 1 aromatic rings. The maximum absolute atomic E-state index is 11.5. The molecular formula is C11H16O5S2. The maximum Gasteiger partial charge on any atom is 0.196 e. The Morgan fingerprint density at radius 3 is 2.00 bits per heavy atom. The van der Waals surface area contributed by atoms with Gasteiger partial charge in [-0.25, -0.2) is 8.42 Å². The van der Waals surface area contributed by atoms with Crippen LogP contribution in [0.4, 0.5) is 0 Å². The average molecular weight is 292 g/mol. The third kappa shape index (κ3) is 2.80. The molecule has 0 saturated heterocycles. The number of methoxy groups -OCH3 is 1. The van der Waals surface area contributed by atoms with Gasteiger partial charge in [0.25, 0.3) is 0 Å². The first-order chi connectivity index (χ1) is 8.48. The summed E-state index contributed by atoms with van der Waals surface area (Å²) in [6.45, 7) is 1.79. The maximum atomic E-state index is 11.5. The van der Waals surface area contributed by atoms with Gasteiger partial charge in [-0.3, -0.25) is 0 Å². The van der Waals surface area contributed by atoms with Crippen molar-refractivity contribution in [2.75, 3.05) is 7.11 Å². The van der Waals surface area contributed by atoms with Crippen LogP contribution in [-0.2, 0) is 26.2 Å². The van der Waals surface area contributed by atoms with E-state index < -0.39 is 26.2 Å². The van der Waals surface area contributed by atoms with E-state index in [9.17, 15) is 17.5 Å². The minimum atomic E-state index is -2.44. The predicted molar refractivity (Wildman–Crippen MR) is 71.1 cm³/mol. The highest BCUT2D eigenvalue weighted by molar-refractivity contribution is 7.98. The van der Waals surface area contributed by atoms with Crippen molar-refractivity contribution in [3.05, 3.63) is 29.8 Å². The monoisotopic (exact) mass is 292 g/mol. The van der Waals surface area contributed by atoms with Crippen molar-refractivity contribution in [1.82, 2.24) is 0 Å². The molecule has 18 heavy (non-hydrogen) atoms. The Labute approximate surface area is 111 Å². The zero-order valence-corrected chi connectivity index (χ0v) is 11.8. The van der Waals surface area contributed by atoms with E-state index in [0.717, 1.165) is 0 Å². The third-order valence-corrected chi connectivity index (χ3v) is 5.54. The summed E-state index contributed by atoms with van der Waals surface area (Å²) >= 11 is -4.88. The summed E-state index contributed by atoms with van der Waals surface area (Å²) in [5.74, 6) is 0.580. The van der Waals surface area contributed by atoms with E-state index in [0.29, 0.717) is 17.7 Å². The van der Waals surface area contributed by atoms with Crippen molar-refractivity contribution in [1.29, 1.82) is 0 Å². The van der Waals surface area contributed by atoms with Crippen molar-refractivity contribution < 1.29 is 22.3 Å². The van der Waals surface area contributed by atoms with Gasteiger partial charge in [-0.15, -0.1) is 0 Å². The third-order valence-electron chi connectivity index (χ3n) is 2.67. The molecule has 0 saturated carbocycles. The number of ether oxygens (including phenoxy) is 1. The van der Waals surface area contributed by atoms with Gasteiger partial charge in [-0.2, -0.15) is 0 Å². The highest BCUT2D eigenvalue weighted by Crippen LogP contribution is 2.36. The molecule has 0 aliphatic carbocycles. The van der Waals surface area contributed by atoms with Gasteiger partial charge in [0.1, 0.15) is 5.75 Å². The molecule has 2 N–H and O–H groups in total. The molecule has 0 amide bonds. The summed E-state index contributed by atoms with van der Waals surface area (Å²) in [5, 5.41) is 0. The van der Waals surface area contributed by atoms with Crippen molar-refractivity contribution in [3.8, 4) is 5.75 Å². The van der Waals surface area contributed by atoms with Gasteiger partial charge in [0, 0.05) is 0 Å². The highest BCUT2D eigenvalue weighted by Gasteiger charge is 2.44. The zero-order valence-electron chi connectivity index (χ0n) is 10.2. The van der Waals surface area contributed by atoms with E-state index in [2.05, 4.69) is 0 Å². The summed E-state index contributed by atoms with van der Waals surface area (Å²) in [6, 6.07) is 6.27. The first-order valence-corrected chi connectivity index (χ1v) is 7.56. The molecule has 2 unspecified atom stereocenters. The lowest BCUT2D eigenvalue weighted by atomic mass is 10.1. The fraction of sp³-hybridized carbons (Fsp3) is 0.455. The van der Waals surface area contributed by atoms with E-state index in [-0.39, 0.29) is 6.42 Å². The molecule has 5 nitrogen and oxygen atoms in total. The van der Waals surface area contributed by atoms with E-state index in [1.165, 1.54) is 19.2 Å². The molecule has 7 heteroatoms. The molecule has 0 fully saturated rings. The van der Waals surface area contributed by atoms with E-state index in [1.807, 2.05) is 0 Å². The molecule has 0 aliphatic heterocycles. The lowest BCUT2D eigenvalue weighted by Gasteiger charge is -2.26. The number of rotatable bonds is 6. The molecule has 0 heterocycles. The fourth-order valence-corrected chi connectivity index (χ4v) is 3.68. The van der Waals surface area contributed by atoms with Crippen molar-refractivity contribution in [2.45, 2.75) is 23.8 Å². The molecule has 1 aromatic carbocycles. The van der Waals surface area contributed by atoms with Gasteiger partial charge in [0.15, 0.2) is 26.2 Å². The summed E-state index contributed by atoms with van der Waals surface area (Å²) in [7, 11) is 1.50. The molecule has 0 spiro atoms. The van der Waals surface area contributed by atoms with Gasteiger partial charge in [-0.05, 0) is 24.1 Å². The summed E-state index contributed by atoms with van der Waals surface area (Å²) < 4.78 is 45.3. The number of hydrogen-bond acceptors (Lipinski definition) is 3. The van der Waals surface area contributed by atoms with Crippen LogP contribution in [0.2, 0.25) is 0 Å². The van der Waals surface area contributed by atoms with E-state index in [4.69, 9.17) is 4.74 Å². The summed E-state index contributed by atoms with van der Waals surface area (Å²) in [4.78, 5) is 0. The van der Waals surface area contributed by atoms with Crippen LogP contribution in [-0.4, -0.2) is 24.6 Å². The Morgan fingerprint density at radius 1 is 1.17 bits per heavy atom. The Kier molecular flexibility index (Phi) is 5.46. The van der Waals surface area contributed by atoms with Crippen molar-refractivity contribution in [2.24, 2.45) is 0 Å². The molecule has 0 radical (unpaired) electrons. The van der Waals surface area contributed by atoms with Gasteiger partial charge in [0.2, 0.25) is 0 Å². The molecule has 102 valence electrons. The highest BCUT2D eigenvalue weighted by atomic mass is 32.3. The molecule has 0 bridgehead atoms. The van der Waals surface area contributed by atoms with Crippen LogP contribution in [0.3, 0.4) is 0 Å². The van der Waals surface area contributed by atoms with Crippen LogP contribution in [0.15, 0.2) is 24.3 Å². The fourth-order valence-electron chi connectivity index (χ4n) is 1.76. The van der Waals surface area contributed by atoms with Crippen molar-refractivity contribution >= 4 is 22.2 Å². The molecule has 0 aliphatic rings. The quantitative estimate of drug-likeness (QED) is 0.784. The molecule has 1 rings (SSSR count). The van der Waals surface area contributed by atoms with Crippen LogP contribution < -0.4 is 4.74 Å². The van der Waals surface area contributed by atoms with Gasteiger partial charge < -0.3 is 13.8 Å². The van der Waals surface area contributed by atoms with Crippen LogP contribution in [0.5, 0.6) is 5.75 Å². The van der Waals surface area contributed by atoms with Crippen LogP contribution >= 0.6 is 0 Å². The Bertz CT molecular complexity index is 429. The van der Waals surface area contributed by atoms with Gasteiger partial charge in [-0.1, -0.05) is 25.5 Å². The second kappa shape index (κ2) is 6.42. The molecule has 0 aromatic heterocycles. The predicted octanol–water partition coefficient (Wildman–Crippen LogP) is 2.09. The number of benzene rings is 1. The average Bonchev–Trinajstić information content (AvgIpc) is 2.35. The largest absolute Gasteiger partial charge is 0.497 e. The standard InChI is InChI=1S/C11H16O5S2/c1-3-8-11(17(12)13,18(14)15)9-4-6-10(16-2)7-5-9/h4-7H,3,8H2,1-2H3,(H,12,13)(H,14,15). The first kappa shape index (κ1) is 15.3. The lowest BCUT2D eigenvalue weighted by molar-refractivity contribution is 0.414. The normalized spacial score (nSPS) is 17.8. The zero-order chi connectivity index (χ0) is 13.8. The first-order valence-electron chi connectivity index (χ1n) is 5.35. The van der Waals surface area contributed by atoms with Crippen LogP contribution in [0, 0.1) is 0 Å². The SMILES string of the molecule is CCCC(c1ccc(OC)cc1)(S(=O)O)S(=O)O.